The van der Waals surface area contributed by atoms with Crippen molar-refractivity contribution in [2.24, 2.45) is 11.8 Å². The Morgan fingerprint density at radius 3 is 2.84 bits per heavy atom. The molecule has 0 radical (unpaired) electrons. The minimum Gasteiger partial charge on any atom is -0.468 e. The van der Waals surface area contributed by atoms with E-state index >= 15 is 0 Å². The quantitative estimate of drug-likeness (QED) is 0.852. The summed E-state index contributed by atoms with van der Waals surface area (Å²) < 4.78 is 10.9. The Hall–Kier alpha value is -2.01. The number of furan rings is 2. The number of hydrogen-bond donors (Lipinski definition) is 0. The first-order valence-corrected chi connectivity index (χ1v) is 9.19. The van der Waals surface area contributed by atoms with E-state index in [0.29, 0.717) is 23.6 Å². The predicted octanol–water partition coefficient (Wildman–Crippen LogP) is 3.55. The summed E-state index contributed by atoms with van der Waals surface area (Å²) in [5, 5.41) is 0. The Kier molecular flexibility index (Phi) is 4.42. The van der Waals surface area contributed by atoms with E-state index in [1.807, 2.05) is 30.0 Å². The first kappa shape index (κ1) is 16.5. The third-order valence-corrected chi connectivity index (χ3v) is 5.96. The molecule has 2 aromatic rings. The molecule has 2 fully saturated rings. The van der Waals surface area contributed by atoms with Gasteiger partial charge in [0.15, 0.2) is 5.76 Å². The van der Waals surface area contributed by atoms with E-state index < -0.39 is 0 Å². The number of carbonyl (C=O) groups excluding carboxylic acids is 1. The van der Waals surface area contributed by atoms with Crippen molar-refractivity contribution in [1.82, 2.24) is 9.80 Å². The van der Waals surface area contributed by atoms with Crippen molar-refractivity contribution in [3.8, 4) is 0 Å². The van der Waals surface area contributed by atoms with Crippen LogP contribution in [0.5, 0.6) is 0 Å². The van der Waals surface area contributed by atoms with Crippen LogP contribution in [0, 0.1) is 18.8 Å². The Labute approximate surface area is 148 Å². The second kappa shape index (κ2) is 6.71. The molecule has 0 aromatic carbocycles. The fraction of sp³-hybridized carbons (Fsp3) is 0.550. The number of rotatable bonds is 4. The number of hydrogen-bond acceptors (Lipinski definition) is 4. The van der Waals surface area contributed by atoms with Gasteiger partial charge in [-0.15, -0.1) is 0 Å². The molecule has 1 amide bonds. The molecule has 3 heterocycles. The second-order valence-electron chi connectivity index (χ2n) is 7.56. The standard InChI is InChI=1S/C20H26N2O3/c1-14-8-10-25-19(14)20(23)22-11-15-5-3-7-18(17(15)13-22)21(2)12-16-6-4-9-24-16/h4,6,8-10,15,17-18H,3,5,7,11-13H2,1-2H3. The third kappa shape index (κ3) is 3.13. The summed E-state index contributed by atoms with van der Waals surface area (Å²) in [5.74, 6) is 2.68. The summed E-state index contributed by atoms with van der Waals surface area (Å²) in [7, 11) is 2.18. The zero-order valence-electron chi connectivity index (χ0n) is 15.0. The van der Waals surface area contributed by atoms with E-state index in [4.69, 9.17) is 8.83 Å². The van der Waals surface area contributed by atoms with Crippen molar-refractivity contribution in [2.75, 3.05) is 20.1 Å². The molecular formula is C20H26N2O3. The minimum absolute atomic E-state index is 0.0457. The lowest BCUT2D eigenvalue weighted by molar-refractivity contribution is 0.0736. The lowest BCUT2D eigenvalue weighted by Crippen LogP contribution is -2.43. The van der Waals surface area contributed by atoms with Crippen molar-refractivity contribution in [3.63, 3.8) is 0 Å². The maximum absolute atomic E-state index is 12.8. The van der Waals surface area contributed by atoms with Crippen LogP contribution in [0.3, 0.4) is 0 Å². The van der Waals surface area contributed by atoms with Gasteiger partial charge in [0.1, 0.15) is 5.76 Å². The van der Waals surface area contributed by atoms with Crippen LogP contribution in [0.4, 0.5) is 0 Å². The van der Waals surface area contributed by atoms with Gasteiger partial charge in [-0.3, -0.25) is 9.69 Å². The monoisotopic (exact) mass is 342 g/mol. The van der Waals surface area contributed by atoms with Gasteiger partial charge in [-0.2, -0.15) is 0 Å². The predicted molar refractivity (Wildman–Crippen MR) is 94.1 cm³/mol. The Morgan fingerprint density at radius 2 is 2.12 bits per heavy atom. The number of aryl methyl sites for hydroxylation is 1. The van der Waals surface area contributed by atoms with Crippen molar-refractivity contribution >= 4 is 5.91 Å². The lowest BCUT2D eigenvalue weighted by atomic mass is 9.77. The first-order chi connectivity index (χ1) is 12.1. The fourth-order valence-electron chi connectivity index (χ4n) is 4.66. The molecule has 25 heavy (non-hydrogen) atoms. The van der Waals surface area contributed by atoms with E-state index in [1.54, 1.807) is 12.5 Å². The number of fused-ring (bicyclic) bond motifs is 1. The highest BCUT2D eigenvalue weighted by atomic mass is 16.3. The number of carbonyl (C=O) groups is 1. The van der Waals surface area contributed by atoms with Crippen LogP contribution in [0.1, 0.15) is 41.1 Å². The third-order valence-electron chi connectivity index (χ3n) is 5.96. The summed E-state index contributed by atoms with van der Waals surface area (Å²) in [6.07, 6.45) is 6.98. The maximum Gasteiger partial charge on any atom is 0.289 e. The van der Waals surface area contributed by atoms with E-state index in [-0.39, 0.29) is 5.91 Å². The molecule has 1 aliphatic heterocycles. The Balaban J connectivity index is 1.46. The Bertz CT molecular complexity index is 721. The van der Waals surface area contributed by atoms with Gasteiger partial charge < -0.3 is 13.7 Å². The topological polar surface area (TPSA) is 49.8 Å². The normalized spacial score (nSPS) is 26.2. The van der Waals surface area contributed by atoms with Crippen LogP contribution in [0.2, 0.25) is 0 Å². The summed E-state index contributed by atoms with van der Waals surface area (Å²) in [4.78, 5) is 17.2. The van der Waals surface area contributed by atoms with Crippen LogP contribution in [0.25, 0.3) is 0 Å². The average molecular weight is 342 g/mol. The van der Waals surface area contributed by atoms with Gasteiger partial charge in [0, 0.05) is 24.7 Å². The molecule has 3 atom stereocenters. The van der Waals surface area contributed by atoms with Crippen LogP contribution < -0.4 is 0 Å². The number of nitrogens with zero attached hydrogens (tertiary/aromatic N) is 2. The van der Waals surface area contributed by atoms with Crippen LogP contribution >= 0.6 is 0 Å². The van der Waals surface area contributed by atoms with Gasteiger partial charge in [-0.25, -0.2) is 0 Å². The maximum atomic E-state index is 12.8. The summed E-state index contributed by atoms with van der Waals surface area (Å²) >= 11 is 0. The summed E-state index contributed by atoms with van der Waals surface area (Å²) in [6.45, 7) is 4.44. The molecule has 4 rings (SSSR count). The molecule has 2 aromatic heterocycles. The van der Waals surface area contributed by atoms with E-state index in [9.17, 15) is 4.79 Å². The summed E-state index contributed by atoms with van der Waals surface area (Å²) in [6, 6.07) is 6.32. The molecule has 5 nitrogen and oxygen atoms in total. The van der Waals surface area contributed by atoms with Crippen LogP contribution in [-0.2, 0) is 6.54 Å². The van der Waals surface area contributed by atoms with E-state index in [1.165, 1.54) is 19.3 Å². The summed E-state index contributed by atoms with van der Waals surface area (Å²) in [5.41, 5.74) is 0.923. The average Bonchev–Trinajstić information content (AvgIpc) is 3.33. The van der Waals surface area contributed by atoms with Crippen molar-refractivity contribution in [3.05, 3.63) is 47.8 Å². The van der Waals surface area contributed by atoms with E-state index in [2.05, 4.69) is 11.9 Å². The smallest absolute Gasteiger partial charge is 0.289 e. The zero-order chi connectivity index (χ0) is 17.4. The highest BCUT2D eigenvalue weighted by Gasteiger charge is 2.43. The lowest BCUT2D eigenvalue weighted by Gasteiger charge is -2.38. The zero-order valence-corrected chi connectivity index (χ0v) is 15.0. The highest BCUT2D eigenvalue weighted by molar-refractivity contribution is 5.93. The largest absolute Gasteiger partial charge is 0.468 e. The molecule has 2 aliphatic rings. The van der Waals surface area contributed by atoms with Crippen LogP contribution in [0.15, 0.2) is 39.6 Å². The molecule has 5 heteroatoms. The van der Waals surface area contributed by atoms with Gasteiger partial charge in [0.2, 0.25) is 0 Å². The van der Waals surface area contributed by atoms with Gasteiger partial charge in [0.05, 0.1) is 19.1 Å². The van der Waals surface area contributed by atoms with Crippen molar-refractivity contribution in [2.45, 2.75) is 38.8 Å². The molecule has 0 spiro atoms. The molecule has 1 saturated heterocycles. The van der Waals surface area contributed by atoms with Gasteiger partial charge in [-0.05, 0) is 56.8 Å². The number of amides is 1. The van der Waals surface area contributed by atoms with Crippen molar-refractivity contribution in [1.29, 1.82) is 0 Å². The molecule has 134 valence electrons. The number of likely N-dealkylation sites (tertiary alicyclic amines) is 1. The van der Waals surface area contributed by atoms with Gasteiger partial charge in [0.25, 0.3) is 5.91 Å². The molecule has 1 saturated carbocycles. The van der Waals surface area contributed by atoms with E-state index in [0.717, 1.165) is 31.0 Å². The highest BCUT2D eigenvalue weighted by Crippen LogP contribution is 2.39. The first-order valence-electron chi connectivity index (χ1n) is 9.19. The molecule has 0 N–H and O–H groups in total. The Morgan fingerprint density at radius 1 is 1.24 bits per heavy atom. The fourth-order valence-corrected chi connectivity index (χ4v) is 4.66. The molecule has 3 unspecified atom stereocenters. The van der Waals surface area contributed by atoms with Gasteiger partial charge in [-0.1, -0.05) is 6.42 Å². The molecule has 0 bridgehead atoms. The second-order valence-corrected chi connectivity index (χ2v) is 7.56. The molecular weight excluding hydrogens is 316 g/mol. The van der Waals surface area contributed by atoms with Crippen molar-refractivity contribution < 1.29 is 13.6 Å². The van der Waals surface area contributed by atoms with Gasteiger partial charge >= 0.3 is 0 Å². The SMILES string of the molecule is Cc1ccoc1C(=O)N1CC2CCCC(N(C)Cc3ccco3)C2C1. The minimum atomic E-state index is 0.0457. The van der Waals surface area contributed by atoms with Crippen LogP contribution in [-0.4, -0.2) is 41.9 Å². The molecule has 1 aliphatic carbocycles.